The zero-order valence-electron chi connectivity index (χ0n) is 6.70. The van der Waals surface area contributed by atoms with Gasteiger partial charge in [0.1, 0.15) is 0 Å². The average molecular weight is 130 g/mol. The van der Waals surface area contributed by atoms with Gasteiger partial charge in [0, 0.05) is 5.54 Å². The number of rotatable bonds is 4. The zero-order valence-corrected chi connectivity index (χ0v) is 6.70. The Hall–Kier alpha value is -0.0800. The van der Waals surface area contributed by atoms with Gasteiger partial charge >= 0.3 is 0 Å². The van der Waals surface area contributed by atoms with Gasteiger partial charge in [0.15, 0.2) is 0 Å². The van der Waals surface area contributed by atoms with Crippen LogP contribution in [0.4, 0.5) is 0 Å². The van der Waals surface area contributed by atoms with Crippen molar-refractivity contribution in [3.63, 3.8) is 0 Å². The van der Waals surface area contributed by atoms with Gasteiger partial charge in [0.2, 0.25) is 0 Å². The number of nitrogens with two attached hydrogens (primary N) is 1. The summed E-state index contributed by atoms with van der Waals surface area (Å²) >= 11 is 0. The summed E-state index contributed by atoms with van der Waals surface area (Å²) in [5.41, 5.74) is 3.06. The molecule has 0 rings (SSSR count). The highest BCUT2D eigenvalue weighted by atomic mass is 15.3. The Morgan fingerprint density at radius 1 is 1.11 bits per heavy atom. The molecule has 0 fully saturated rings. The van der Waals surface area contributed by atoms with Gasteiger partial charge < -0.3 is 0 Å². The predicted molar refractivity (Wildman–Crippen MR) is 40.9 cm³/mol. The van der Waals surface area contributed by atoms with Crippen molar-refractivity contribution < 1.29 is 0 Å². The third kappa shape index (κ3) is 1.95. The standard InChI is InChI=1S/C7H18N2/c1-4-7(5-2,6-3)9-8/h9H,4-6,8H2,1-3H3. The van der Waals surface area contributed by atoms with E-state index in [1.165, 1.54) is 0 Å². The summed E-state index contributed by atoms with van der Waals surface area (Å²) in [4.78, 5) is 0. The molecule has 0 heterocycles. The van der Waals surface area contributed by atoms with Crippen molar-refractivity contribution in [3.8, 4) is 0 Å². The lowest BCUT2D eigenvalue weighted by Crippen LogP contribution is -2.47. The Bertz CT molecular complexity index is 49.8. The van der Waals surface area contributed by atoms with Crippen LogP contribution in [0.15, 0.2) is 0 Å². The van der Waals surface area contributed by atoms with Gasteiger partial charge in [-0.3, -0.25) is 11.3 Å². The molecule has 0 radical (unpaired) electrons. The first kappa shape index (κ1) is 8.92. The fourth-order valence-corrected chi connectivity index (χ4v) is 1.06. The number of nitrogens with one attached hydrogen (secondary N) is 1. The third-order valence-electron chi connectivity index (χ3n) is 2.34. The van der Waals surface area contributed by atoms with Crippen molar-refractivity contribution in [1.29, 1.82) is 0 Å². The van der Waals surface area contributed by atoms with Crippen molar-refractivity contribution in [2.45, 2.75) is 45.6 Å². The molecule has 0 aliphatic rings. The van der Waals surface area contributed by atoms with Gasteiger partial charge in [-0.1, -0.05) is 20.8 Å². The molecule has 0 unspecified atom stereocenters. The van der Waals surface area contributed by atoms with E-state index in [9.17, 15) is 0 Å². The number of hydrogen-bond donors (Lipinski definition) is 2. The Kier molecular flexibility index (Phi) is 3.82. The van der Waals surface area contributed by atoms with Gasteiger partial charge in [-0.05, 0) is 19.3 Å². The first-order valence-corrected chi connectivity index (χ1v) is 3.72. The fourth-order valence-electron chi connectivity index (χ4n) is 1.06. The molecule has 56 valence electrons. The highest BCUT2D eigenvalue weighted by molar-refractivity contribution is 4.80. The summed E-state index contributed by atoms with van der Waals surface area (Å²) in [5, 5.41) is 0. The Balaban J connectivity index is 3.82. The van der Waals surface area contributed by atoms with E-state index < -0.39 is 0 Å². The summed E-state index contributed by atoms with van der Waals surface area (Å²) in [7, 11) is 0. The first-order valence-electron chi connectivity index (χ1n) is 3.72. The topological polar surface area (TPSA) is 38.0 Å². The van der Waals surface area contributed by atoms with Crippen LogP contribution < -0.4 is 11.3 Å². The Morgan fingerprint density at radius 2 is 1.44 bits per heavy atom. The van der Waals surface area contributed by atoms with E-state index >= 15 is 0 Å². The normalized spacial score (nSPS) is 12.0. The van der Waals surface area contributed by atoms with Crippen molar-refractivity contribution in [2.75, 3.05) is 0 Å². The van der Waals surface area contributed by atoms with Crippen LogP contribution in [0.2, 0.25) is 0 Å². The van der Waals surface area contributed by atoms with E-state index in [4.69, 9.17) is 5.84 Å². The van der Waals surface area contributed by atoms with E-state index in [0.29, 0.717) is 0 Å². The van der Waals surface area contributed by atoms with Crippen molar-refractivity contribution in [3.05, 3.63) is 0 Å². The van der Waals surface area contributed by atoms with Crippen molar-refractivity contribution >= 4 is 0 Å². The monoisotopic (exact) mass is 130 g/mol. The lowest BCUT2D eigenvalue weighted by atomic mass is 9.91. The minimum atomic E-state index is 0.194. The van der Waals surface area contributed by atoms with Gasteiger partial charge in [-0.25, -0.2) is 0 Å². The average Bonchev–Trinajstić information content (AvgIpc) is 1.95. The van der Waals surface area contributed by atoms with Crippen LogP contribution in [0.5, 0.6) is 0 Å². The lowest BCUT2D eigenvalue weighted by molar-refractivity contribution is 0.295. The number of hydrazine groups is 1. The van der Waals surface area contributed by atoms with E-state index in [1.807, 2.05) is 0 Å². The van der Waals surface area contributed by atoms with E-state index in [0.717, 1.165) is 19.3 Å². The maximum absolute atomic E-state index is 5.39. The summed E-state index contributed by atoms with van der Waals surface area (Å²) in [6.07, 6.45) is 3.32. The van der Waals surface area contributed by atoms with Gasteiger partial charge in [0.05, 0.1) is 0 Å². The van der Waals surface area contributed by atoms with Crippen molar-refractivity contribution in [2.24, 2.45) is 5.84 Å². The van der Waals surface area contributed by atoms with E-state index in [2.05, 4.69) is 26.2 Å². The fraction of sp³-hybridized carbons (Fsp3) is 1.00. The third-order valence-corrected chi connectivity index (χ3v) is 2.34. The molecule has 0 aromatic rings. The molecule has 2 heteroatoms. The summed E-state index contributed by atoms with van der Waals surface area (Å²) in [6, 6.07) is 0. The quantitative estimate of drug-likeness (QED) is 0.446. The van der Waals surface area contributed by atoms with Gasteiger partial charge in [-0.2, -0.15) is 0 Å². The molecule has 0 aromatic carbocycles. The highest BCUT2D eigenvalue weighted by Gasteiger charge is 2.20. The van der Waals surface area contributed by atoms with Crippen LogP contribution >= 0.6 is 0 Å². The maximum Gasteiger partial charge on any atom is 0.0313 e. The van der Waals surface area contributed by atoms with Crippen LogP contribution in [0, 0.1) is 0 Å². The molecule has 2 nitrogen and oxygen atoms in total. The Morgan fingerprint density at radius 3 is 1.44 bits per heavy atom. The molecule has 0 saturated carbocycles. The van der Waals surface area contributed by atoms with Crippen LogP contribution in [-0.4, -0.2) is 5.54 Å². The number of hydrogen-bond acceptors (Lipinski definition) is 2. The summed E-state index contributed by atoms with van der Waals surface area (Å²) in [6.45, 7) is 6.48. The zero-order chi connectivity index (χ0) is 7.33. The lowest BCUT2D eigenvalue weighted by Gasteiger charge is -2.29. The summed E-state index contributed by atoms with van der Waals surface area (Å²) < 4.78 is 0. The SMILES string of the molecule is CCC(CC)(CC)NN. The second-order valence-electron chi connectivity index (χ2n) is 2.49. The molecule has 3 N–H and O–H groups in total. The second-order valence-corrected chi connectivity index (χ2v) is 2.49. The molecule has 0 amide bonds. The first-order chi connectivity index (χ1) is 4.24. The van der Waals surface area contributed by atoms with Crippen LogP contribution in [0.3, 0.4) is 0 Å². The molecule has 0 aliphatic heterocycles. The van der Waals surface area contributed by atoms with Gasteiger partial charge in [0.25, 0.3) is 0 Å². The van der Waals surface area contributed by atoms with E-state index in [-0.39, 0.29) is 5.54 Å². The molecule has 0 aromatic heterocycles. The highest BCUT2D eigenvalue weighted by Crippen LogP contribution is 2.16. The Labute approximate surface area is 57.8 Å². The smallest absolute Gasteiger partial charge is 0.0313 e. The molecule has 0 spiro atoms. The van der Waals surface area contributed by atoms with Crippen molar-refractivity contribution in [1.82, 2.24) is 5.43 Å². The molecule has 9 heavy (non-hydrogen) atoms. The van der Waals surface area contributed by atoms with Crippen LogP contribution in [0.25, 0.3) is 0 Å². The minimum absolute atomic E-state index is 0.194. The predicted octanol–water partition coefficient (Wildman–Crippen LogP) is 1.42. The molecular weight excluding hydrogens is 112 g/mol. The molecular formula is C7H18N2. The van der Waals surface area contributed by atoms with Gasteiger partial charge in [-0.15, -0.1) is 0 Å². The second kappa shape index (κ2) is 3.85. The summed E-state index contributed by atoms with van der Waals surface area (Å²) in [5.74, 6) is 5.39. The molecule has 0 bridgehead atoms. The maximum atomic E-state index is 5.39. The van der Waals surface area contributed by atoms with E-state index in [1.54, 1.807) is 0 Å². The molecule has 0 aliphatic carbocycles. The molecule has 0 atom stereocenters. The largest absolute Gasteiger partial charge is 0.271 e. The van der Waals surface area contributed by atoms with Crippen LogP contribution in [-0.2, 0) is 0 Å². The van der Waals surface area contributed by atoms with Crippen LogP contribution in [0.1, 0.15) is 40.0 Å². The minimum Gasteiger partial charge on any atom is -0.271 e. The molecule has 0 saturated heterocycles.